The second-order valence-electron chi connectivity index (χ2n) is 3.19. The van der Waals surface area contributed by atoms with Gasteiger partial charge in [0, 0.05) is 25.6 Å². The van der Waals surface area contributed by atoms with E-state index in [1.807, 2.05) is 0 Å². The van der Waals surface area contributed by atoms with Crippen molar-refractivity contribution in [1.29, 1.82) is 0 Å². The molecule has 6 nitrogen and oxygen atoms in total. The molecule has 16 heavy (non-hydrogen) atoms. The normalized spacial score (nSPS) is 10.1. The monoisotopic (exact) mass is 218 g/mol. The van der Waals surface area contributed by atoms with E-state index in [2.05, 4.69) is 15.3 Å². The SMILES string of the molecule is Cn1ccnc1C(=O)Nc1ncccc1O. The van der Waals surface area contributed by atoms with Crippen LogP contribution in [0.5, 0.6) is 5.75 Å². The first-order valence-corrected chi connectivity index (χ1v) is 4.61. The van der Waals surface area contributed by atoms with E-state index < -0.39 is 5.91 Å². The number of amides is 1. The Kier molecular flexibility index (Phi) is 2.55. The molecule has 0 aliphatic heterocycles. The Hall–Kier alpha value is -2.37. The Morgan fingerprint density at radius 1 is 1.44 bits per heavy atom. The number of aryl methyl sites for hydroxylation is 1. The second-order valence-corrected chi connectivity index (χ2v) is 3.19. The molecule has 0 saturated heterocycles. The minimum absolute atomic E-state index is 0.0786. The quantitative estimate of drug-likeness (QED) is 0.780. The minimum Gasteiger partial charge on any atom is -0.504 e. The van der Waals surface area contributed by atoms with Crippen LogP contribution in [0.25, 0.3) is 0 Å². The number of nitrogens with zero attached hydrogens (tertiary/aromatic N) is 3. The number of hydrogen-bond acceptors (Lipinski definition) is 4. The molecule has 0 bridgehead atoms. The van der Waals surface area contributed by atoms with Crippen LogP contribution in [0.1, 0.15) is 10.6 Å². The van der Waals surface area contributed by atoms with E-state index >= 15 is 0 Å². The van der Waals surface area contributed by atoms with Gasteiger partial charge in [-0.2, -0.15) is 0 Å². The first-order chi connectivity index (χ1) is 7.68. The molecule has 0 spiro atoms. The van der Waals surface area contributed by atoms with Crippen molar-refractivity contribution < 1.29 is 9.90 Å². The van der Waals surface area contributed by atoms with Gasteiger partial charge in [-0.1, -0.05) is 0 Å². The molecule has 2 rings (SSSR count). The highest BCUT2D eigenvalue weighted by molar-refractivity contribution is 6.01. The molecule has 1 amide bonds. The number of hydrogen-bond donors (Lipinski definition) is 2. The molecule has 0 saturated carbocycles. The highest BCUT2D eigenvalue weighted by Crippen LogP contribution is 2.18. The number of rotatable bonds is 2. The lowest BCUT2D eigenvalue weighted by molar-refractivity contribution is 0.101. The van der Waals surface area contributed by atoms with Crippen LogP contribution in [0, 0.1) is 0 Å². The molecule has 2 heterocycles. The Morgan fingerprint density at radius 2 is 2.25 bits per heavy atom. The zero-order valence-electron chi connectivity index (χ0n) is 8.58. The van der Waals surface area contributed by atoms with E-state index in [4.69, 9.17) is 0 Å². The van der Waals surface area contributed by atoms with Gasteiger partial charge in [0.05, 0.1) is 0 Å². The standard InChI is InChI=1S/C10H10N4O2/c1-14-6-5-12-9(14)10(16)13-8-7(15)3-2-4-11-8/h2-6,15H,1H3,(H,11,13,16). The van der Waals surface area contributed by atoms with Gasteiger partial charge in [0.25, 0.3) is 5.91 Å². The lowest BCUT2D eigenvalue weighted by Crippen LogP contribution is -2.17. The average Bonchev–Trinajstić information content (AvgIpc) is 2.68. The number of carbonyl (C=O) groups is 1. The predicted molar refractivity (Wildman–Crippen MR) is 57.1 cm³/mol. The molecule has 0 aliphatic carbocycles. The lowest BCUT2D eigenvalue weighted by Gasteiger charge is -2.05. The third-order valence-electron chi connectivity index (χ3n) is 2.04. The Balaban J connectivity index is 2.21. The van der Waals surface area contributed by atoms with Crippen LogP contribution < -0.4 is 5.32 Å². The lowest BCUT2D eigenvalue weighted by atomic mass is 10.4. The topological polar surface area (TPSA) is 80.0 Å². The Bertz CT molecular complexity index is 521. The third-order valence-corrected chi connectivity index (χ3v) is 2.04. The van der Waals surface area contributed by atoms with Crippen molar-refractivity contribution in [1.82, 2.24) is 14.5 Å². The van der Waals surface area contributed by atoms with Gasteiger partial charge in [-0.3, -0.25) is 4.79 Å². The summed E-state index contributed by atoms with van der Waals surface area (Å²) in [4.78, 5) is 19.4. The fraction of sp³-hybridized carbons (Fsp3) is 0.100. The molecule has 0 unspecified atom stereocenters. The van der Waals surface area contributed by atoms with Crippen LogP contribution in [-0.2, 0) is 7.05 Å². The van der Waals surface area contributed by atoms with Crippen LogP contribution in [-0.4, -0.2) is 25.5 Å². The molecule has 0 aromatic carbocycles. The minimum atomic E-state index is -0.415. The number of aromatic nitrogens is 3. The number of pyridine rings is 1. The average molecular weight is 218 g/mol. The zero-order chi connectivity index (χ0) is 11.5. The maximum absolute atomic E-state index is 11.7. The highest BCUT2D eigenvalue weighted by atomic mass is 16.3. The zero-order valence-corrected chi connectivity index (χ0v) is 8.58. The summed E-state index contributed by atoms with van der Waals surface area (Å²) >= 11 is 0. The fourth-order valence-electron chi connectivity index (χ4n) is 1.24. The predicted octanol–water partition coefficient (Wildman–Crippen LogP) is 0.773. The van der Waals surface area contributed by atoms with Gasteiger partial charge in [-0.25, -0.2) is 9.97 Å². The van der Waals surface area contributed by atoms with E-state index in [9.17, 15) is 9.90 Å². The highest BCUT2D eigenvalue weighted by Gasteiger charge is 2.13. The molecule has 0 fully saturated rings. The van der Waals surface area contributed by atoms with Crippen molar-refractivity contribution in [2.45, 2.75) is 0 Å². The van der Waals surface area contributed by atoms with E-state index in [-0.39, 0.29) is 17.4 Å². The molecule has 6 heteroatoms. The van der Waals surface area contributed by atoms with E-state index in [0.717, 1.165) is 0 Å². The van der Waals surface area contributed by atoms with Crippen LogP contribution in [0.3, 0.4) is 0 Å². The van der Waals surface area contributed by atoms with E-state index in [1.54, 1.807) is 23.9 Å². The first-order valence-electron chi connectivity index (χ1n) is 4.61. The summed E-state index contributed by atoms with van der Waals surface area (Å²) in [6.07, 6.45) is 4.66. The van der Waals surface area contributed by atoms with Crippen molar-refractivity contribution in [3.63, 3.8) is 0 Å². The summed E-state index contributed by atoms with van der Waals surface area (Å²) in [7, 11) is 1.71. The first kappa shape index (κ1) is 10.2. The van der Waals surface area contributed by atoms with E-state index in [1.165, 1.54) is 18.5 Å². The molecule has 0 radical (unpaired) electrons. The van der Waals surface area contributed by atoms with Crippen LogP contribution in [0.4, 0.5) is 5.82 Å². The van der Waals surface area contributed by atoms with Crippen LogP contribution in [0.15, 0.2) is 30.7 Å². The van der Waals surface area contributed by atoms with Crippen LogP contribution in [0.2, 0.25) is 0 Å². The van der Waals surface area contributed by atoms with Crippen molar-refractivity contribution in [2.24, 2.45) is 7.05 Å². The summed E-state index contributed by atoms with van der Waals surface area (Å²) < 4.78 is 1.58. The Morgan fingerprint density at radius 3 is 2.88 bits per heavy atom. The van der Waals surface area contributed by atoms with Gasteiger partial charge in [-0.05, 0) is 12.1 Å². The summed E-state index contributed by atoms with van der Waals surface area (Å²) in [6.45, 7) is 0. The van der Waals surface area contributed by atoms with Gasteiger partial charge >= 0.3 is 0 Å². The van der Waals surface area contributed by atoms with Crippen molar-refractivity contribution in [3.05, 3.63) is 36.5 Å². The molecular weight excluding hydrogens is 208 g/mol. The van der Waals surface area contributed by atoms with Gasteiger partial charge < -0.3 is 15.0 Å². The summed E-state index contributed by atoms with van der Waals surface area (Å²) in [5.41, 5.74) is 0. The van der Waals surface area contributed by atoms with Crippen molar-refractivity contribution in [2.75, 3.05) is 5.32 Å². The molecule has 0 atom stereocenters. The van der Waals surface area contributed by atoms with Gasteiger partial charge in [-0.15, -0.1) is 0 Å². The smallest absolute Gasteiger partial charge is 0.292 e. The van der Waals surface area contributed by atoms with Crippen molar-refractivity contribution in [3.8, 4) is 5.75 Å². The van der Waals surface area contributed by atoms with E-state index in [0.29, 0.717) is 0 Å². The largest absolute Gasteiger partial charge is 0.504 e. The molecule has 0 aliphatic rings. The second kappa shape index (κ2) is 4.01. The maximum atomic E-state index is 11.7. The summed E-state index contributed by atoms with van der Waals surface area (Å²) in [5, 5.41) is 11.9. The number of anilines is 1. The number of nitrogens with one attached hydrogen (secondary N) is 1. The third kappa shape index (κ3) is 1.85. The number of imidazole rings is 1. The molecule has 2 aromatic rings. The molecule has 2 N–H and O–H groups in total. The molecule has 82 valence electrons. The van der Waals surface area contributed by atoms with Crippen molar-refractivity contribution >= 4 is 11.7 Å². The summed E-state index contributed by atoms with van der Waals surface area (Å²) in [6, 6.07) is 3.02. The maximum Gasteiger partial charge on any atom is 0.292 e. The summed E-state index contributed by atoms with van der Waals surface area (Å²) in [5.74, 6) is -0.118. The van der Waals surface area contributed by atoms with Gasteiger partial charge in [0.15, 0.2) is 17.4 Å². The van der Waals surface area contributed by atoms with Crippen LogP contribution >= 0.6 is 0 Å². The Labute approximate surface area is 91.6 Å². The number of aromatic hydroxyl groups is 1. The van der Waals surface area contributed by atoms with Gasteiger partial charge in [0.2, 0.25) is 0 Å². The molecule has 2 aromatic heterocycles. The fourth-order valence-corrected chi connectivity index (χ4v) is 1.24. The number of carbonyl (C=O) groups excluding carboxylic acids is 1. The molecular formula is C10H10N4O2. The van der Waals surface area contributed by atoms with Gasteiger partial charge in [0.1, 0.15) is 0 Å².